The summed E-state index contributed by atoms with van der Waals surface area (Å²) in [5.74, 6) is 0.529. The first-order valence-electron chi connectivity index (χ1n) is 6.82. The molecule has 0 unspecified atom stereocenters. The van der Waals surface area contributed by atoms with Gasteiger partial charge in [0.2, 0.25) is 0 Å². The van der Waals surface area contributed by atoms with Crippen LogP contribution in [-0.2, 0) is 6.18 Å². The van der Waals surface area contributed by atoms with Crippen LogP contribution in [0.15, 0.2) is 18.2 Å². The van der Waals surface area contributed by atoms with E-state index in [9.17, 15) is 13.2 Å². The van der Waals surface area contributed by atoms with Gasteiger partial charge in [-0.05, 0) is 24.6 Å². The zero-order valence-corrected chi connectivity index (χ0v) is 11.5. The van der Waals surface area contributed by atoms with Crippen molar-refractivity contribution in [3.05, 3.63) is 23.8 Å². The molecule has 0 atom stereocenters. The van der Waals surface area contributed by atoms with E-state index >= 15 is 0 Å². The molecule has 1 aliphatic rings. The van der Waals surface area contributed by atoms with Gasteiger partial charge in [-0.3, -0.25) is 0 Å². The van der Waals surface area contributed by atoms with Gasteiger partial charge < -0.3 is 15.0 Å². The SMILES string of the molecule is CCCOc1ccc(C(F)(F)F)cc1N1CCNCC1. The Morgan fingerprint density at radius 2 is 1.95 bits per heavy atom. The lowest BCUT2D eigenvalue weighted by Gasteiger charge is -2.31. The van der Waals surface area contributed by atoms with E-state index in [0.29, 0.717) is 31.1 Å². The van der Waals surface area contributed by atoms with Gasteiger partial charge in [-0.15, -0.1) is 0 Å². The van der Waals surface area contributed by atoms with Crippen LogP contribution in [0.4, 0.5) is 18.9 Å². The molecule has 20 heavy (non-hydrogen) atoms. The highest BCUT2D eigenvalue weighted by molar-refractivity contribution is 5.61. The summed E-state index contributed by atoms with van der Waals surface area (Å²) in [6.07, 6.45) is -3.51. The Morgan fingerprint density at radius 3 is 2.55 bits per heavy atom. The quantitative estimate of drug-likeness (QED) is 0.922. The van der Waals surface area contributed by atoms with E-state index in [0.717, 1.165) is 25.6 Å². The Labute approximate surface area is 116 Å². The highest BCUT2D eigenvalue weighted by Crippen LogP contribution is 2.37. The van der Waals surface area contributed by atoms with E-state index in [1.54, 1.807) is 0 Å². The van der Waals surface area contributed by atoms with Crippen LogP contribution in [0.25, 0.3) is 0 Å². The molecule has 0 amide bonds. The summed E-state index contributed by atoms with van der Waals surface area (Å²) in [5, 5.41) is 3.19. The number of hydrogen-bond donors (Lipinski definition) is 1. The molecular formula is C14H19F3N2O. The number of piperazine rings is 1. The third-order valence-corrected chi connectivity index (χ3v) is 3.21. The van der Waals surface area contributed by atoms with Gasteiger partial charge in [-0.2, -0.15) is 13.2 Å². The number of hydrogen-bond acceptors (Lipinski definition) is 3. The molecule has 3 nitrogen and oxygen atoms in total. The Balaban J connectivity index is 2.31. The molecule has 112 valence electrons. The van der Waals surface area contributed by atoms with Gasteiger partial charge in [0.1, 0.15) is 5.75 Å². The number of anilines is 1. The molecule has 0 saturated carbocycles. The first-order chi connectivity index (χ1) is 9.52. The molecule has 1 N–H and O–H groups in total. The van der Waals surface area contributed by atoms with Crippen molar-refractivity contribution in [3.63, 3.8) is 0 Å². The monoisotopic (exact) mass is 288 g/mol. The van der Waals surface area contributed by atoms with Crippen molar-refractivity contribution in [1.29, 1.82) is 0 Å². The fraction of sp³-hybridized carbons (Fsp3) is 0.571. The minimum Gasteiger partial charge on any atom is -0.491 e. The van der Waals surface area contributed by atoms with Crippen LogP contribution in [0.2, 0.25) is 0 Å². The van der Waals surface area contributed by atoms with Crippen LogP contribution < -0.4 is 15.0 Å². The summed E-state index contributed by atoms with van der Waals surface area (Å²) in [7, 11) is 0. The van der Waals surface area contributed by atoms with Gasteiger partial charge in [-0.25, -0.2) is 0 Å². The minimum absolute atomic E-state index is 0.504. The van der Waals surface area contributed by atoms with Crippen molar-refractivity contribution in [2.24, 2.45) is 0 Å². The fourth-order valence-corrected chi connectivity index (χ4v) is 2.18. The Kier molecular flexibility index (Phi) is 4.75. The number of ether oxygens (including phenoxy) is 1. The molecule has 0 radical (unpaired) electrons. The van der Waals surface area contributed by atoms with E-state index in [2.05, 4.69) is 5.32 Å². The lowest BCUT2D eigenvalue weighted by atomic mass is 10.1. The molecule has 2 rings (SSSR count). The van der Waals surface area contributed by atoms with Crippen LogP contribution in [0.5, 0.6) is 5.75 Å². The van der Waals surface area contributed by atoms with Crippen LogP contribution >= 0.6 is 0 Å². The molecule has 1 heterocycles. The molecular weight excluding hydrogens is 269 g/mol. The maximum atomic E-state index is 12.8. The third-order valence-electron chi connectivity index (χ3n) is 3.21. The molecule has 1 aromatic rings. The summed E-state index contributed by atoms with van der Waals surface area (Å²) in [6.45, 7) is 5.37. The molecule has 1 saturated heterocycles. The topological polar surface area (TPSA) is 24.5 Å². The fourth-order valence-electron chi connectivity index (χ4n) is 2.18. The van der Waals surface area contributed by atoms with Crippen LogP contribution in [0.3, 0.4) is 0 Å². The number of nitrogens with zero attached hydrogens (tertiary/aromatic N) is 1. The largest absolute Gasteiger partial charge is 0.491 e. The van der Waals surface area contributed by atoms with E-state index in [-0.39, 0.29) is 0 Å². The van der Waals surface area contributed by atoms with Crippen molar-refractivity contribution in [1.82, 2.24) is 5.32 Å². The first-order valence-corrected chi connectivity index (χ1v) is 6.82. The second kappa shape index (κ2) is 6.35. The molecule has 0 spiro atoms. The lowest BCUT2D eigenvalue weighted by molar-refractivity contribution is -0.137. The second-order valence-corrected chi connectivity index (χ2v) is 4.77. The highest BCUT2D eigenvalue weighted by Gasteiger charge is 2.32. The number of benzene rings is 1. The Bertz CT molecular complexity index is 443. The Hall–Kier alpha value is -1.43. The summed E-state index contributed by atoms with van der Waals surface area (Å²) in [6, 6.07) is 3.70. The van der Waals surface area contributed by atoms with Gasteiger partial charge in [0.15, 0.2) is 0 Å². The lowest BCUT2D eigenvalue weighted by Crippen LogP contribution is -2.43. The van der Waals surface area contributed by atoms with E-state index in [1.165, 1.54) is 12.1 Å². The maximum absolute atomic E-state index is 12.8. The molecule has 1 fully saturated rings. The zero-order valence-electron chi connectivity index (χ0n) is 11.5. The predicted molar refractivity (Wildman–Crippen MR) is 72.3 cm³/mol. The number of halogens is 3. The average molecular weight is 288 g/mol. The molecule has 1 aromatic carbocycles. The van der Waals surface area contributed by atoms with Gasteiger partial charge in [-0.1, -0.05) is 6.92 Å². The highest BCUT2D eigenvalue weighted by atomic mass is 19.4. The first kappa shape index (κ1) is 15.0. The van der Waals surface area contributed by atoms with E-state index in [1.807, 2.05) is 11.8 Å². The van der Waals surface area contributed by atoms with Crippen LogP contribution in [0.1, 0.15) is 18.9 Å². The third kappa shape index (κ3) is 3.56. The van der Waals surface area contributed by atoms with E-state index < -0.39 is 11.7 Å². The van der Waals surface area contributed by atoms with Crippen molar-refractivity contribution < 1.29 is 17.9 Å². The summed E-state index contributed by atoms with van der Waals surface area (Å²) in [5.41, 5.74) is -0.0929. The van der Waals surface area contributed by atoms with Crippen LogP contribution in [0, 0.1) is 0 Å². The maximum Gasteiger partial charge on any atom is 0.416 e. The van der Waals surface area contributed by atoms with Gasteiger partial charge >= 0.3 is 6.18 Å². The van der Waals surface area contributed by atoms with Crippen molar-refractivity contribution in [2.75, 3.05) is 37.7 Å². The molecule has 0 aromatic heterocycles. The molecule has 6 heteroatoms. The summed E-state index contributed by atoms with van der Waals surface area (Å²) >= 11 is 0. The van der Waals surface area contributed by atoms with Gasteiger partial charge in [0.05, 0.1) is 17.9 Å². The Morgan fingerprint density at radius 1 is 1.25 bits per heavy atom. The normalized spacial score (nSPS) is 16.3. The second-order valence-electron chi connectivity index (χ2n) is 4.77. The van der Waals surface area contributed by atoms with Crippen molar-refractivity contribution >= 4 is 5.69 Å². The molecule has 1 aliphatic heterocycles. The summed E-state index contributed by atoms with van der Waals surface area (Å²) in [4.78, 5) is 1.94. The van der Waals surface area contributed by atoms with E-state index in [4.69, 9.17) is 4.74 Å². The molecule has 0 aliphatic carbocycles. The van der Waals surface area contributed by atoms with Gasteiger partial charge in [0, 0.05) is 26.2 Å². The van der Waals surface area contributed by atoms with Crippen LogP contribution in [-0.4, -0.2) is 32.8 Å². The van der Waals surface area contributed by atoms with Crippen molar-refractivity contribution in [2.45, 2.75) is 19.5 Å². The number of rotatable bonds is 4. The van der Waals surface area contributed by atoms with Crippen molar-refractivity contribution in [3.8, 4) is 5.75 Å². The predicted octanol–water partition coefficient (Wildman–Crippen LogP) is 2.90. The zero-order chi connectivity index (χ0) is 14.6. The standard InChI is InChI=1S/C14H19F3N2O/c1-2-9-20-13-4-3-11(14(15,16)17)10-12(13)19-7-5-18-6-8-19/h3-4,10,18H,2,5-9H2,1H3. The average Bonchev–Trinajstić information content (AvgIpc) is 2.45. The molecule has 0 bridgehead atoms. The number of nitrogens with one attached hydrogen (secondary N) is 1. The summed E-state index contributed by atoms with van der Waals surface area (Å²) < 4.78 is 44.1. The smallest absolute Gasteiger partial charge is 0.416 e. The van der Waals surface area contributed by atoms with Gasteiger partial charge in [0.25, 0.3) is 0 Å². The minimum atomic E-state index is -4.33. The number of alkyl halides is 3.